The van der Waals surface area contributed by atoms with Crippen LogP contribution in [0.1, 0.15) is 53.8 Å². The highest BCUT2D eigenvalue weighted by atomic mass is 16.2. The van der Waals surface area contributed by atoms with E-state index in [1.54, 1.807) is 0 Å². The topological polar surface area (TPSA) is 78.1 Å². The van der Waals surface area contributed by atoms with Crippen molar-refractivity contribution < 1.29 is 9.59 Å². The van der Waals surface area contributed by atoms with Crippen LogP contribution in [-0.2, 0) is 17.6 Å². The summed E-state index contributed by atoms with van der Waals surface area (Å²) in [5.74, 6) is 0.0755. The summed E-state index contributed by atoms with van der Waals surface area (Å²) in [6.45, 7) is 1.90. The van der Waals surface area contributed by atoms with Crippen molar-refractivity contribution in [2.45, 2.75) is 44.9 Å². The average molecular weight is 290 g/mol. The minimum absolute atomic E-state index is 0.126. The predicted octanol–water partition coefficient (Wildman–Crippen LogP) is 1.03. The lowest BCUT2D eigenvalue weighted by Gasteiger charge is -2.26. The van der Waals surface area contributed by atoms with Crippen LogP contribution in [-0.4, -0.2) is 46.5 Å². The minimum Gasteiger partial charge on any atom is -0.349 e. The minimum atomic E-state index is -0.126. The fourth-order valence-corrected chi connectivity index (χ4v) is 3.16. The molecule has 3 rings (SSSR count). The van der Waals surface area contributed by atoms with Crippen molar-refractivity contribution >= 4 is 11.8 Å². The maximum atomic E-state index is 12.2. The molecule has 1 aromatic rings. The summed E-state index contributed by atoms with van der Waals surface area (Å²) in [4.78, 5) is 25.7. The maximum absolute atomic E-state index is 12.2. The highest BCUT2D eigenvalue weighted by Gasteiger charge is 2.22. The summed E-state index contributed by atoms with van der Waals surface area (Å²) in [5.41, 5.74) is 2.72. The number of hydrogen-bond acceptors (Lipinski definition) is 3. The van der Waals surface area contributed by atoms with Gasteiger partial charge in [-0.2, -0.15) is 5.10 Å². The van der Waals surface area contributed by atoms with Gasteiger partial charge in [0.2, 0.25) is 5.91 Å². The number of nitrogens with zero attached hydrogens (tertiary/aromatic N) is 2. The molecular weight excluding hydrogens is 268 g/mol. The number of amides is 2. The van der Waals surface area contributed by atoms with E-state index in [0.29, 0.717) is 25.2 Å². The van der Waals surface area contributed by atoms with E-state index in [2.05, 4.69) is 15.5 Å². The summed E-state index contributed by atoms with van der Waals surface area (Å²) >= 11 is 0. The van der Waals surface area contributed by atoms with E-state index in [1.165, 1.54) is 0 Å². The van der Waals surface area contributed by atoms with Crippen molar-refractivity contribution in [3.05, 3.63) is 17.0 Å². The number of likely N-dealkylation sites (tertiary alicyclic amines) is 1. The number of nitrogens with one attached hydrogen (secondary N) is 2. The van der Waals surface area contributed by atoms with E-state index in [-0.39, 0.29) is 11.8 Å². The monoisotopic (exact) mass is 290 g/mol. The van der Waals surface area contributed by atoms with E-state index in [0.717, 1.165) is 56.3 Å². The molecule has 0 aromatic carbocycles. The number of carbonyl (C=O) groups is 2. The molecule has 0 saturated carbocycles. The van der Waals surface area contributed by atoms with Crippen LogP contribution in [0.15, 0.2) is 0 Å². The number of H-pyrrole nitrogens is 1. The van der Waals surface area contributed by atoms with E-state index in [4.69, 9.17) is 0 Å². The molecule has 2 aliphatic rings. The molecule has 1 aliphatic heterocycles. The van der Waals surface area contributed by atoms with Crippen LogP contribution in [0.4, 0.5) is 0 Å². The molecule has 0 radical (unpaired) electrons. The number of piperidine rings is 1. The zero-order chi connectivity index (χ0) is 14.7. The lowest BCUT2D eigenvalue weighted by Crippen LogP contribution is -2.41. The van der Waals surface area contributed by atoms with E-state index < -0.39 is 0 Å². The second kappa shape index (κ2) is 6.28. The lowest BCUT2D eigenvalue weighted by atomic mass is 9.96. The Balaban J connectivity index is 1.52. The Morgan fingerprint density at radius 2 is 2.00 bits per heavy atom. The fraction of sp³-hybridized carbons (Fsp3) is 0.667. The number of fused-ring (bicyclic) bond motifs is 1. The molecule has 114 valence electrons. The zero-order valence-corrected chi connectivity index (χ0v) is 12.3. The van der Waals surface area contributed by atoms with Gasteiger partial charge >= 0.3 is 0 Å². The van der Waals surface area contributed by atoms with Crippen molar-refractivity contribution in [1.82, 2.24) is 20.4 Å². The van der Waals surface area contributed by atoms with Gasteiger partial charge in [0.15, 0.2) is 5.69 Å². The fourth-order valence-electron chi connectivity index (χ4n) is 3.16. The summed E-state index contributed by atoms with van der Waals surface area (Å²) in [5, 5.41) is 10.0. The van der Waals surface area contributed by atoms with Gasteiger partial charge in [0.25, 0.3) is 5.91 Å². The Bertz CT molecular complexity index is 538. The molecular formula is C15H22N4O2. The predicted molar refractivity (Wildman–Crippen MR) is 78.0 cm³/mol. The first-order valence-electron chi connectivity index (χ1n) is 7.88. The summed E-state index contributed by atoms with van der Waals surface area (Å²) in [7, 11) is 0. The molecule has 1 aliphatic carbocycles. The smallest absolute Gasteiger partial charge is 0.272 e. The first-order valence-corrected chi connectivity index (χ1v) is 7.88. The Morgan fingerprint density at radius 1 is 1.19 bits per heavy atom. The average Bonchev–Trinajstić information content (AvgIpc) is 2.93. The maximum Gasteiger partial charge on any atom is 0.272 e. The van der Waals surface area contributed by atoms with Gasteiger partial charge in [-0.15, -0.1) is 0 Å². The van der Waals surface area contributed by atoms with E-state index in [9.17, 15) is 9.59 Å². The van der Waals surface area contributed by atoms with Crippen LogP contribution in [0.3, 0.4) is 0 Å². The molecule has 6 nitrogen and oxygen atoms in total. The van der Waals surface area contributed by atoms with Crippen molar-refractivity contribution in [2.75, 3.05) is 19.6 Å². The Hall–Kier alpha value is -1.85. The molecule has 0 bridgehead atoms. The third-order valence-corrected chi connectivity index (χ3v) is 4.36. The lowest BCUT2D eigenvalue weighted by molar-refractivity contribution is -0.133. The van der Waals surface area contributed by atoms with Gasteiger partial charge in [0, 0.05) is 37.3 Å². The van der Waals surface area contributed by atoms with Gasteiger partial charge < -0.3 is 10.2 Å². The van der Waals surface area contributed by atoms with Crippen LogP contribution in [0, 0.1) is 0 Å². The zero-order valence-electron chi connectivity index (χ0n) is 12.3. The first-order chi connectivity index (χ1) is 10.3. The normalized spacial score (nSPS) is 18.5. The summed E-state index contributed by atoms with van der Waals surface area (Å²) in [6.07, 6.45) is 6.88. The van der Waals surface area contributed by atoms with Crippen LogP contribution in [0.25, 0.3) is 0 Å². The van der Waals surface area contributed by atoms with Gasteiger partial charge in [-0.3, -0.25) is 14.7 Å². The van der Waals surface area contributed by atoms with Crippen molar-refractivity contribution in [3.8, 4) is 0 Å². The number of carbonyl (C=O) groups excluding carboxylic acids is 2. The second-order valence-corrected chi connectivity index (χ2v) is 5.83. The van der Waals surface area contributed by atoms with Gasteiger partial charge in [0.1, 0.15) is 0 Å². The number of aryl methyl sites for hydroxylation is 1. The quantitative estimate of drug-likeness (QED) is 0.869. The molecule has 2 N–H and O–H groups in total. The third kappa shape index (κ3) is 3.09. The molecule has 0 spiro atoms. The van der Waals surface area contributed by atoms with Crippen molar-refractivity contribution in [1.29, 1.82) is 0 Å². The van der Waals surface area contributed by atoms with E-state index >= 15 is 0 Å². The Kier molecular flexibility index (Phi) is 4.22. The molecule has 0 unspecified atom stereocenters. The number of aromatic amines is 1. The van der Waals surface area contributed by atoms with Crippen molar-refractivity contribution in [3.63, 3.8) is 0 Å². The standard InChI is InChI=1S/C15H22N4O2/c20-13-7-3-4-9-19(13)10-8-16-15(21)14-11-5-1-2-6-12(11)17-18-14/h1-10H2,(H,16,21)(H,17,18). The van der Waals surface area contributed by atoms with Crippen LogP contribution in [0.5, 0.6) is 0 Å². The molecule has 0 atom stereocenters. The number of aromatic nitrogens is 2. The number of hydrogen-bond donors (Lipinski definition) is 2. The molecule has 6 heteroatoms. The van der Waals surface area contributed by atoms with Crippen LogP contribution in [0.2, 0.25) is 0 Å². The largest absolute Gasteiger partial charge is 0.349 e. The third-order valence-electron chi connectivity index (χ3n) is 4.36. The molecule has 2 amide bonds. The van der Waals surface area contributed by atoms with E-state index in [1.807, 2.05) is 4.90 Å². The van der Waals surface area contributed by atoms with Crippen molar-refractivity contribution in [2.24, 2.45) is 0 Å². The summed E-state index contributed by atoms with van der Waals surface area (Å²) in [6, 6.07) is 0. The first kappa shape index (κ1) is 14.1. The van der Waals surface area contributed by atoms with Crippen LogP contribution >= 0.6 is 0 Å². The van der Waals surface area contributed by atoms with Gasteiger partial charge in [0.05, 0.1) is 0 Å². The Morgan fingerprint density at radius 3 is 2.86 bits per heavy atom. The van der Waals surface area contributed by atoms with Gasteiger partial charge in [-0.1, -0.05) is 0 Å². The SMILES string of the molecule is O=C(NCCN1CCCCC1=O)c1n[nH]c2c1CCCC2. The number of rotatable bonds is 4. The highest BCUT2D eigenvalue weighted by molar-refractivity contribution is 5.94. The highest BCUT2D eigenvalue weighted by Crippen LogP contribution is 2.21. The van der Waals surface area contributed by atoms with Gasteiger partial charge in [-0.25, -0.2) is 0 Å². The van der Waals surface area contributed by atoms with Gasteiger partial charge in [-0.05, 0) is 38.5 Å². The molecule has 21 heavy (non-hydrogen) atoms. The molecule has 1 saturated heterocycles. The molecule has 1 fully saturated rings. The summed E-state index contributed by atoms with van der Waals surface area (Å²) < 4.78 is 0. The Labute approximate surface area is 124 Å². The van der Waals surface area contributed by atoms with Crippen LogP contribution < -0.4 is 5.32 Å². The molecule has 2 heterocycles. The molecule has 1 aromatic heterocycles. The second-order valence-electron chi connectivity index (χ2n) is 5.83.